The van der Waals surface area contributed by atoms with Crippen LogP contribution in [0.3, 0.4) is 0 Å². The number of aliphatic hydroxyl groups is 2. The van der Waals surface area contributed by atoms with Gasteiger partial charge in [-0.25, -0.2) is 0 Å². The number of benzene rings is 2. The summed E-state index contributed by atoms with van der Waals surface area (Å²) < 4.78 is 11.5. The van der Waals surface area contributed by atoms with Crippen LogP contribution in [0, 0.1) is 0 Å². The molecule has 0 heterocycles. The van der Waals surface area contributed by atoms with Crippen molar-refractivity contribution in [1.82, 2.24) is 0 Å². The summed E-state index contributed by atoms with van der Waals surface area (Å²) in [7, 11) is 0. The topological polar surface area (TPSA) is 139 Å². The van der Waals surface area contributed by atoms with Gasteiger partial charge in [0.05, 0.1) is 37.6 Å². The first-order valence-corrected chi connectivity index (χ1v) is 23.3. The molecule has 0 aliphatic rings. The van der Waals surface area contributed by atoms with Crippen molar-refractivity contribution in [2.24, 2.45) is 0 Å². The first-order chi connectivity index (χ1) is 28.2. The number of aliphatic carboxylic acids is 2. The number of hydrogen-bond donors (Lipinski definition) is 2. The van der Waals surface area contributed by atoms with E-state index in [1.165, 1.54) is 116 Å². The summed E-state index contributed by atoms with van der Waals surface area (Å²) in [5.74, 6) is -2.27. The van der Waals surface area contributed by atoms with E-state index in [1.807, 2.05) is 60.7 Å². The van der Waals surface area contributed by atoms with Crippen LogP contribution in [-0.2, 0) is 32.3 Å². The monoisotopic (exact) mass is 949 g/mol. The second kappa shape index (κ2) is 42.1. The van der Waals surface area contributed by atoms with Gasteiger partial charge in [-0.2, -0.15) is 0 Å². The SMILES string of the molecule is CCCCCCCCCCCCCC(O)CC(CC(=O)[O-])OCc1ccccc1.CCCCCCCCCCCCCC(O)CC(CC(=O)[O-])OCc1ccccc1.[Ba+2]. The van der Waals surface area contributed by atoms with Crippen molar-refractivity contribution < 1.29 is 39.5 Å². The van der Waals surface area contributed by atoms with Crippen LogP contribution in [0.4, 0.5) is 0 Å². The Balaban J connectivity index is 0.00000112. The Kier molecular flexibility index (Phi) is 41.2. The first-order valence-electron chi connectivity index (χ1n) is 23.3. The molecule has 0 radical (unpaired) electrons. The summed E-state index contributed by atoms with van der Waals surface area (Å²) in [5.41, 5.74) is 1.99. The van der Waals surface area contributed by atoms with Crippen LogP contribution in [0.15, 0.2) is 60.7 Å². The standard InChI is InChI=1S/2C25H42O4.Ba/c2*1-2-3-4-5-6-7-8-9-10-11-15-18-23(26)19-24(20-25(27)28)29-21-22-16-13-12-14-17-22;/h2*12-14,16-17,23-24,26H,2-11,15,18-21H2,1H3,(H,27,28);/q;;+2/p-2. The number of ether oxygens (including phenoxy) is 2. The molecule has 0 bridgehead atoms. The zero-order chi connectivity index (χ0) is 42.3. The van der Waals surface area contributed by atoms with E-state index in [9.17, 15) is 30.0 Å². The van der Waals surface area contributed by atoms with Crippen LogP contribution in [-0.4, -0.2) is 95.4 Å². The third-order valence-corrected chi connectivity index (χ3v) is 10.8. The van der Waals surface area contributed by atoms with Crippen molar-refractivity contribution in [2.75, 3.05) is 0 Å². The second-order valence-electron chi connectivity index (χ2n) is 16.4. The molecule has 0 spiro atoms. The maximum absolute atomic E-state index is 11.0. The fourth-order valence-corrected chi connectivity index (χ4v) is 7.30. The molecule has 2 rings (SSSR count). The van der Waals surface area contributed by atoms with Gasteiger partial charge in [0.25, 0.3) is 0 Å². The average Bonchev–Trinajstić information content (AvgIpc) is 3.21. The molecule has 0 aromatic heterocycles. The minimum Gasteiger partial charge on any atom is -0.550 e. The molecule has 0 aliphatic carbocycles. The van der Waals surface area contributed by atoms with Gasteiger partial charge < -0.3 is 39.5 Å². The van der Waals surface area contributed by atoms with Crippen molar-refractivity contribution in [3.63, 3.8) is 0 Å². The zero-order valence-electron chi connectivity index (χ0n) is 37.3. The van der Waals surface area contributed by atoms with E-state index in [1.54, 1.807) is 0 Å². The minimum atomic E-state index is -1.13. The molecule has 0 aliphatic heterocycles. The van der Waals surface area contributed by atoms with Crippen molar-refractivity contribution in [3.05, 3.63) is 71.8 Å². The smallest absolute Gasteiger partial charge is 0.550 e. The predicted octanol–water partition coefficient (Wildman–Crippen LogP) is 9.95. The molecule has 2 aromatic carbocycles. The normalized spacial score (nSPS) is 13.1. The third kappa shape index (κ3) is 38.2. The van der Waals surface area contributed by atoms with E-state index in [-0.39, 0.29) is 61.7 Å². The molecule has 4 unspecified atom stereocenters. The Bertz CT molecular complexity index is 1110. The maximum Gasteiger partial charge on any atom is 2.00 e. The summed E-state index contributed by atoms with van der Waals surface area (Å²) in [5, 5.41) is 42.5. The number of carbonyl (C=O) groups is 2. The minimum absolute atomic E-state index is 0. The van der Waals surface area contributed by atoms with E-state index in [2.05, 4.69) is 13.8 Å². The Morgan fingerprint density at radius 3 is 1.02 bits per heavy atom. The maximum atomic E-state index is 11.0. The number of unbranched alkanes of at least 4 members (excludes halogenated alkanes) is 20. The average molecular weight is 949 g/mol. The third-order valence-electron chi connectivity index (χ3n) is 10.8. The van der Waals surface area contributed by atoms with Gasteiger partial charge in [-0.15, -0.1) is 0 Å². The zero-order valence-corrected chi connectivity index (χ0v) is 41.8. The number of rotatable bonds is 38. The van der Waals surface area contributed by atoms with Gasteiger partial charge in [0.15, 0.2) is 0 Å². The molecule has 59 heavy (non-hydrogen) atoms. The Labute approximate surface area is 400 Å². The largest absolute Gasteiger partial charge is 2.00 e. The van der Waals surface area contributed by atoms with Crippen LogP contribution in [0.1, 0.15) is 205 Å². The fraction of sp³-hybridized carbons (Fsp3) is 0.720. The number of hydrogen-bond acceptors (Lipinski definition) is 8. The number of carbonyl (C=O) groups excluding carboxylic acids is 2. The number of carboxylic acids is 2. The van der Waals surface area contributed by atoms with Crippen LogP contribution >= 0.6 is 0 Å². The van der Waals surface area contributed by atoms with Gasteiger partial charge in [0.1, 0.15) is 0 Å². The molecule has 2 aromatic rings. The second-order valence-corrected chi connectivity index (χ2v) is 16.4. The van der Waals surface area contributed by atoms with Gasteiger partial charge in [0.2, 0.25) is 0 Å². The molecule has 0 amide bonds. The molecular formula is C50H82BaO8. The fourth-order valence-electron chi connectivity index (χ4n) is 7.30. The first kappa shape index (κ1) is 57.8. The molecule has 0 fully saturated rings. The van der Waals surface area contributed by atoms with E-state index in [0.29, 0.717) is 38.9 Å². The van der Waals surface area contributed by atoms with Crippen molar-refractivity contribution in [1.29, 1.82) is 0 Å². The van der Waals surface area contributed by atoms with Crippen molar-refractivity contribution >= 4 is 60.8 Å². The molecular weight excluding hydrogens is 866 g/mol. The summed E-state index contributed by atoms with van der Waals surface area (Å²) in [4.78, 5) is 22.0. The summed E-state index contributed by atoms with van der Waals surface area (Å²) in [6, 6.07) is 19.3. The molecule has 4 atom stereocenters. The van der Waals surface area contributed by atoms with Gasteiger partial charge in [0, 0.05) is 24.8 Å². The van der Waals surface area contributed by atoms with Crippen molar-refractivity contribution in [2.45, 2.75) is 231 Å². The number of aliphatic hydroxyl groups excluding tert-OH is 2. The molecule has 332 valence electrons. The summed E-state index contributed by atoms with van der Waals surface area (Å²) >= 11 is 0. The molecule has 2 N–H and O–H groups in total. The summed E-state index contributed by atoms with van der Waals surface area (Å²) in [6.07, 6.45) is 27.8. The van der Waals surface area contributed by atoms with E-state index >= 15 is 0 Å². The molecule has 8 nitrogen and oxygen atoms in total. The van der Waals surface area contributed by atoms with Crippen LogP contribution in [0.25, 0.3) is 0 Å². The quantitative estimate of drug-likeness (QED) is 0.0501. The molecule has 9 heteroatoms. The Morgan fingerprint density at radius 2 is 0.746 bits per heavy atom. The Morgan fingerprint density at radius 1 is 0.475 bits per heavy atom. The number of carboxylic acid groups (broad SMARTS) is 2. The van der Waals surface area contributed by atoms with E-state index < -0.39 is 36.4 Å². The van der Waals surface area contributed by atoms with Crippen LogP contribution in [0.5, 0.6) is 0 Å². The van der Waals surface area contributed by atoms with Gasteiger partial charge in [-0.05, 0) is 36.8 Å². The van der Waals surface area contributed by atoms with E-state index in [4.69, 9.17) is 9.47 Å². The predicted molar refractivity (Wildman–Crippen MR) is 238 cm³/mol. The van der Waals surface area contributed by atoms with Crippen LogP contribution in [0.2, 0.25) is 0 Å². The van der Waals surface area contributed by atoms with Crippen molar-refractivity contribution in [3.8, 4) is 0 Å². The van der Waals surface area contributed by atoms with Crippen LogP contribution < -0.4 is 10.2 Å². The van der Waals surface area contributed by atoms with Gasteiger partial charge in [-0.1, -0.05) is 216 Å². The summed E-state index contributed by atoms with van der Waals surface area (Å²) in [6.45, 7) is 5.20. The molecule has 0 saturated heterocycles. The molecule has 0 saturated carbocycles. The van der Waals surface area contributed by atoms with Gasteiger partial charge in [-0.3, -0.25) is 0 Å². The van der Waals surface area contributed by atoms with Gasteiger partial charge >= 0.3 is 48.9 Å². The van der Waals surface area contributed by atoms with E-state index in [0.717, 1.165) is 36.8 Å². The Hall–Kier alpha value is -1.21.